The van der Waals surface area contributed by atoms with E-state index in [9.17, 15) is 4.39 Å². The summed E-state index contributed by atoms with van der Waals surface area (Å²) in [4.78, 5) is 4.75. The van der Waals surface area contributed by atoms with Crippen LogP contribution in [0.15, 0.2) is 18.2 Å². The van der Waals surface area contributed by atoms with Gasteiger partial charge in [-0.25, -0.2) is 4.39 Å². The van der Waals surface area contributed by atoms with Crippen LogP contribution in [0.3, 0.4) is 0 Å². The second-order valence-corrected chi connectivity index (χ2v) is 5.61. The van der Waals surface area contributed by atoms with E-state index in [1.807, 2.05) is 12.1 Å². The van der Waals surface area contributed by atoms with Crippen molar-refractivity contribution in [2.24, 2.45) is 0 Å². The van der Waals surface area contributed by atoms with Crippen LogP contribution in [-0.2, 0) is 6.54 Å². The normalized spacial score (nSPS) is 21.8. The lowest BCUT2D eigenvalue weighted by Gasteiger charge is -2.37. The molecule has 106 valence electrons. The Bertz CT molecular complexity index is 422. The first kappa shape index (κ1) is 14.4. The highest BCUT2D eigenvalue weighted by molar-refractivity contribution is 5.23. The van der Waals surface area contributed by atoms with Gasteiger partial charge in [0.25, 0.3) is 0 Å². The first-order valence-corrected chi connectivity index (χ1v) is 6.91. The molecule has 1 aliphatic rings. The Balaban J connectivity index is 1.80. The Morgan fingerprint density at radius 1 is 1.32 bits per heavy atom. The van der Waals surface area contributed by atoms with Gasteiger partial charge in [0, 0.05) is 38.8 Å². The molecule has 1 unspecified atom stereocenters. The van der Waals surface area contributed by atoms with Crippen molar-refractivity contribution in [3.8, 4) is 0 Å². The van der Waals surface area contributed by atoms with Gasteiger partial charge in [-0.15, -0.1) is 0 Å². The number of nitrogens with one attached hydrogen (secondary N) is 1. The van der Waals surface area contributed by atoms with E-state index in [1.165, 1.54) is 0 Å². The van der Waals surface area contributed by atoms with E-state index in [4.69, 9.17) is 0 Å². The lowest BCUT2D eigenvalue weighted by Crippen LogP contribution is -2.53. The molecule has 1 atom stereocenters. The predicted octanol–water partition coefficient (Wildman–Crippen LogP) is 1.47. The van der Waals surface area contributed by atoms with Gasteiger partial charge in [-0.3, -0.25) is 4.90 Å². The molecule has 1 aromatic carbocycles. The Labute approximate surface area is 115 Å². The molecule has 1 aliphatic heterocycles. The highest BCUT2D eigenvalue weighted by Crippen LogP contribution is 2.09. The van der Waals surface area contributed by atoms with Gasteiger partial charge in [-0.05, 0) is 38.2 Å². The molecule has 1 heterocycles. The molecule has 0 aliphatic carbocycles. The third kappa shape index (κ3) is 4.00. The SMILES string of the molecule is Cc1ccc(CNCC2CN(C)CCN2C)cc1F. The molecule has 0 spiro atoms. The van der Waals surface area contributed by atoms with Gasteiger partial charge in [-0.1, -0.05) is 12.1 Å². The number of rotatable bonds is 4. The second kappa shape index (κ2) is 6.46. The van der Waals surface area contributed by atoms with Crippen molar-refractivity contribution < 1.29 is 4.39 Å². The van der Waals surface area contributed by atoms with Crippen LogP contribution in [0.5, 0.6) is 0 Å². The van der Waals surface area contributed by atoms with Gasteiger partial charge in [0.1, 0.15) is 5.82 Å². The molecule has 19 heavy (non-hydrogen) atoms. The number of likely N-dealkylation sites (N-methyl/N-ethyl adjacent to an activating group) is 2. The zero-order chi connectivity index (χ0) is 13.8. The summed E-state index contributed by atoms with van der Waals surface area (Å²) in [5.74, 6) is -0.117. The number of piperazine rings is 1. The predicted molar refractivity (Wildman–Crippen MR) is 76.8 cm³/mol. The summed E-state index contributed by atoms with van der Waals surface area (Å²) in [6.45, 7) is 6.80. The molecular weight excluding hydrogens is 241 g/mol. The second-order valence-electron chi connectivity index (χ2n) is 5.61. The minimum atomic E-state index is -0.117. The van der Waals surface area contributed by atoms with Crippen molar-refractivity contribution >= 4 is 0 Å². The number of hydrogen-bond donors (Lipinski definition) is 1. The smallest absolute Gasteiger partial charge is 0.126 e. The van der Waals surface area contributed by atoms with Crippen LogP contribution >= 0.6 is 0 Å². The molecule has 0 amide bonds. The first-order valence-electron chi connectivity index (χ1n) is 6.91. The Hall–Kier alpha value is -0.970. The van der Waals surface area contributed by atoms with E-state index in [0.717, 1.165) is 38.3 Å². The molecule has 1 fully saturated rings. The average Bonchev–Trinajstić information content (AvgIpc) is 2.38. The van der Waals surface area contributed by atoms with E-state index in [1.54, 1.807) is 13.0 Å². The highest BCUT2D eigenvalue weighted by atomic mass is 19.1. The van der Waals surface area contributed by atoms with Crippen LogP contribution in [0.25, 0.3) is 0 Å². The molecule has 0 radical (unpaired) electrons. The number of nitrogens with zero attached hydrogens (tertiary/aromatic N) is 2. The summed E-state index contributed by atoms with van der Waals surface area (Å²) in [5.41, 5.74) is 1.72. The first-order chi connectivity index (χ1) is 9.06. The van der Waals surface area contributed by atoms with Crippen LogP contribution in [0.4, 0.5) is 4.39 Å². The Morgan fingerprint density at radius 3 is 2.84 bits per heavy atom. The van der Waals surface area contributed by atoms with Crippen LogP contribution in [-0.4, -0.2) is 56.1 Å². The fraction of sp³-hybridized carbons (Fsp3) is 0.600. The van der Waals surface area contributed by atoms with Crippen LogP contribution < -0.4 is 5.32 Å². The summed E-state index contributed by atoms with van der Waals surface area (Å²) >= 11 is 0. The van der Waals surface area contributed by atoms with Crippen molar-refractivity contribution in [1.82, 2.24) is 15.1 Å². The maximum atomic E-state index is 13.4. The zero-order valence-corrected chi connectivity index (χ0v) is 12.1. The van der Waals surface area contributed by atoms with Gasteiger partial charge in [0.05, 0.1) is 0 Å². The standard InChI is InChI=1S/C15H24FN3/c1-12-4-5-13(8-15(12)16)9-17-10-14-11-18(2)6-7-19(14)3/h4-5,8,14,17H,6-7,9-11H2,1-3H3. The highest BCUT2D eigenvalue weighted by Gasteiger charge is 2.21. The van der Waals surface area contributed by atoms with Crippen LogP contribution in [0.2, 0.25) is 0 Å². The number of halogens is 1. The van der Waals surface area contributed by atoms with Crippen molar-refractivity contribution in [3.63, 3.8) is 0 Å². The van der Waals surface area contributed by atoms with E-state index >= 15 is 0 Å². The average molecular weight is 265 g/mol. The lowest BCUT2D eigenvalue weighted by molar-refractivity contribution is 0.113. The van der Waals surface area contributed by atoms with Gasteiger partial charge in [0.2, 0.25) is 0 Å². The third-order valence-electron chi connectivity index (χ3n) is 3.93. The molecule has 4 heteroatoms. The fourth-order valence-electron chi connectivity index (χ4n) is 2.45. The van der Waals surface area contributed by atoms with Gasteiger partial charge < -0.3 is 10.2 Å². The Morgan fingerprint density at radius 2 is 2.11 bits per heavy atom. The molecule has 1 N–H and O–H groups in total. The summed E-state index contributed by atoms with van der Waals surface area (Å²) < 4.78 is 13.4. The molecular formula is C15H24FN3. The monoisotopic (exact) mass is 265 g/mol. The van der Waals surface area contributed by atoms with E-state index < -0.39 is 0 Å². The summed E-state index contributed by atoms with van der Waals surface area (Å²) in [6.07, 6.45) is 0. The van der Waals surface area contributed by atoms with E-state index in [0.29, 0.717) is 11.6 Å². The third-order valence-corrected chi connectivity index (χ3v) is 3.93. The molecule has 0 bridgehead atoms. The quantitative estimate of drug-likeness (QED) is 0.889. The molecule has 1 aromatic rings. The Kier molecular flexibility index (Phi) is 4.91. The molecule has 2 rings (SSSR count). The van der Waals surface area contributed by atoms with Crippen LogP contribution in [0.1, 0.15) is 11.1 Å². The van der Waals surface area contributed by atoms with Crippen molar-refractivity contribution in [1.29, 1.82) is 0 Å². The topological polar surface area (TPSA) is 18.5 Å². The zero-order valence-electron chi connectivity index (χ0n) is 12.1. The summed E-state index contributed by atoms with van der Waals surface area (Å²) in [7, 11) is 4.33. The van der Waals surface area contributed by atoms with E-state index in [2.05, 4.69) is 29.2 Å². The largest absolute Gasteiger partial charge is 0.311 e. The number of hydrogen-bond acceptors (Lipinski definition) is 3. The maximum Gasteiger partial charge on any atom is 0.126 e. The molecule has 3 nitrogen and oxygen atoms in total. The van der Waals surface area contributed by atoms with E-state index in [-0.39, 0.29) is 5.82 Å². The number of aryl methyl sites for hydroxylation is 1. The van der Waals surface area contributed by atoms with Gasteiger partial charge in [-0.2, -0.15) is 0 Å². The maximum absolute atomic E-state index is 13.4. The minimum Gasteiger partial charge on any atom is -0.311 e. The fourth-order valence-corrected chi connectivity index (χ4v) is 2.45. The summed E-state index contributed by atoms with van der Waals surface area (Å²) in [6, 6.07) is 5.99. The van der Waals surface area contributed by atoms with Crippen LogP contribution in [0, 0.1) is 12.7 Å². The summed E-state index contributed by atoms with van der Waals surface area (Å²) in [5, 5.41) is 3.43. The molecule has 0 saturated carbocycles. The van der Waals surface area contributed by atoms with Crippen molar-refractivity contribution in [3.05, 3.63) is 35.1 Å². The number of benzene rings is 1. The molecule has 1 saturated heterocycles. The lowest BCUT2D eigenvalue weighted by atomic mass is 10.1. The minimum absolute atomic E-state index is 0.117. The van der Waals surface area contributed by atoms with Gasteiger partial charge in [0.15, 0.2) is 0 Å². The van der Waals surface area contributed by atoms with Crippen molar-refractivity contribution in [2.75, 3.05) is 40.3 Å². The molecule has 0 aromatic heterocycles. The van der Waals surface area contributed by atoms with Gasteiger partial charge >= 0.3 is 0 Å². The van der Waals surface area contributed by atoms with Crippen molar-refractivity contribution in [2.45, 2.75) is 19.5 Å².